The maximum Gasteiger partial charge on any atom is 0.326 e. The Labute approximate surface area is 184 Å². The summed E-state index contributed by atoms with van der Waals surface area (Å²) in [5.41, 5.74) is 5.69. The number of hydrogen-bond acceptors (Lipinski definition) is 6. The highest BCUT2D eigenvalue weighted by Gasteiger charge is 2.33. The van der Waals surface area contributed by atoms with Crippen molar-refractivity contribution in [2.45, 2.75) is 78.6 Å². The molecule has 0 saturated heterocycles. The lowest BCUT2D eigenvalue weighted by atomic mass is 9.96. The van der Waals surface area contributed by atoms with Crippen LogP contribution in [0.15, 0.2) is 0 Å². The first-order valence-corrected chi connectivity index (χ1v) is 11.0. The Morgan fingerprint density at radius 2 is 1.43 bits per heavy atom. The fourth-order valence-electron chi connectivity index (χ4n) is 2.78. The maximum atomic E-state index is 13.0. The third-order valence-electron chi connectivity index (χ3n) is 4.90. The second-order valence-corrected chi connectivity index (χ2v) is 8.79. The summed E-state index contributed by atoms with van der Waals surface area (Å²) in [5, 5.41) is 17.2. The van der Waals surface area contributed by atoms with E-state index in [9.17, 15) is 24.3 Å². The van der Waals surface area contributed by atoms with Crippen molar-refractivity contribution < 1.29 is 24.3 Å². The number of carboxylic acid groups (broad SMARTS) is 1. The standard InChI is InChI=1S/C20H38N4O5S/c1-7-12(6)16(24-17(25)13(21)9-30)19(27)22-14(8-10(2)3)18(26)23-15(11(4)5)20(28)29/h10-16,30H,7-9,21H2,1-6H3,(H,22,27)(H,23,26)(H,24,25)(H,28,29). The first-order chi connectivity index (χ1) is 13.8. The summed E-state index contributed by atoms with van der Waals surface area (Å²) in [5.74, 6) is -3.05. The van der Waals surface area contributed by atoms with E-state index in [0.717, 1.165) is 0 Å². The van der Waals surface area contributed by atoms with Crippen LogP contribution in [0.4, 0.5) is 0 Å². The van der Waals surface area contributed by atoms with Crippen molar-refractivity contribution in [3.05, 3.63) is 0 Å². The topological polar surface area (TPSA) is 151 Å². The van der Waals surface area contributed by atoms with Gasteiger partial charge in [-0.1, -0.05) is 48.0 Å². The molecule has 9 nitrogen and oxygen atoms in total. The molecular weight excluding hydrogens is 408 g/mol. The number of carboxylic acids is 1. The predicted octanol–water partition coefficient (Wildman–Crippen LogP) is 0.531. The number of nitrogens with two attached hydrogens (primary N) is 1. The first-order valence-electron chi connectivity index (χ1n) is 10.4. The van der Waals surface area contributed by atoms with Crippen LogP contribution in [0.25, 0.3) is 0 Å². The van der Waals surface area contributed by atoms with Gasteiger partial charge in [0.15, 0.2) is 0 Å². The van der Waals surface area contributed by atoms with Gasteiger partial charge < -0.3 is 26.8 Å². The van der Waals surface area contributed by atoms with Crippen LogP contribution >= 0.6 is 12.6 Å². The molecule has 30 heavy (non-hydrogen) atoms. The lowest BCUT2D eigenvalue weighted by Gasteiger charge is -2.28. The summed E-state index contributed by atoms with van der Waals surface area (Å²) in [7, 11) is 0. The summed E-state index contributed by atoms with van der Waals surface area (Å²) < 4.78 is 0. The minimum Gasteiger partial charge on any atom is -0.480 e. The summed E-state index contributed by atoms with van der Waals surface area (Å²) >= 11 is 4.00. The van der Waals surface area contributed by atoms with Crippen LogP contribution in [0.3, 0.4) is 0 Å². The molecule has 0 heterocycles. The summed E-state index contributed by atoms with van der Waals surface area (Å²) in [6, 6.07) is -3.73. The molecule has 0 aromatic carbocycles. The van der Waals surface area contributed by atoms with Gasteiger partial charge in [0, 0.05) is 5.75 Å². The van der Waals surface area contributed by atoms with E-state index < -0.39 is 47.9 Å². The Hall–Kier alpha value is -1.81. The molecule has 0 aromatic rings. The summed E-state index contributed by atoms with van der Waals surface area (Å²) in [6.45, 7) is 10.9. The molecule has 0 rings (SSSR count). The van der Waals surface area contributed by atoms with E-state index >= 15 is 0 Å². The molecule has 0 aromatic heterocycles. The van der Waals surface area contributed by atoms with E-state index in [1.807, 2.05) is 27.7 Å². The van der Waals surface area contributed by atoms with Crippen LogP contribution < -0.4 is 21.7 Å². The third kappa shape index (κ3) is 9.34. The molecule has 5 unspecified atom stereocenters. The molecule has 6 N–H and O–H groups in total. The number of nitrogens with one attached hydrogen (secondary N) is 3. The number of hydrogen-bond donors (Lipinski definition) is 6. The van der Waals surface area contributed by atoms with Crippen LogP contribution in [0.1, 0.15) is 54.4 Å². The monoisotopic (exact) mass is 446 g/mol. The third-order valence-corrected chi connectivity index (χ3v) is 5.29. The minimum absolute atomic E-state index is 0.0672. The van der Waals surface area contributed by atoms with Gasteiger partial charge in [0.25, 0.3) is 0 Å². The minimum atomic E-state index is -1.14. The van der Waals surface area contributed by atoms with Gasteiger partial charge in [-0.15, -0.1) is 0 Å². The highest BCUT2D eigenvalue weighted by Crippen LogP contribution is 2.12. The van der Waals surface area contributed by atoms with E-state index in [1.165, 1.54) is 0 Å². The number of thiol groups is 1. The molecule has 10 heteroatoms. The van der Waals surface area contributed by atoms with Gasteiger partial charge in [0.05, 0.1) is 6.04 Å². The van der Waals surface area contributed by atoms with Crippen LogP contribution in [-0.4, -0.2) is 58.7 Å². The Morgan fingerprint density at radius 3 is 1.83 bits per heavy atom. The van der Waals surface area contributed by atoms with Gasteiger partial charge in [-0.3, -0.25) is 14.4 Å². The Balaban J connectivity index is 5.52. The van der Waals surface area contributed by atoms with E-state index in [2.05, 4.69) is 28.6 Å². The van der Waals surface area contributed by atoms with Crippen molar-refractivity contribution in [3.8, 4) is 0 Å². The molecule has 0 radical (unpaired) electrons. The van der Waals surface area contributed by atoms with Gasteiger partial charge in [-0.05, 0) is 24.2 Å². The highest BCUT2D eigenvalue weighted by atomic mass is 32.1. The summed E-state index contributed by atoms with van der Waals surface area (Å²) in [6.07, 6.45) is 0.934. The zero-order chi connectivity index (χ0) is 23.6. The van der Waals surface area contributed by atoms with Gasteiger partial charge >= 0.3 is 5.97 Å². The largest absolute Gasteiger partial charge is 0.480 e. The average Bonchev–Trinajstić information content (AvgIpc) is 2.66. The fraction of sp³-hybridized carbons (Fsp3) is 0.800. The summed E-state index contributed by atoms with van der Waals surface area (Å²) in [4.78, 5) is 49.3. The molecule has 5 atom stereocenters. The molecule has 3 amide bonds. The predicted molar refractivity (Wildman–Crippen MR) is 119 cm³/mol. The number of carbonyl (C=O) groups is 4. The zero-order valence-corrected chi connectivity index (χ0v) is 19.7. The fourth-order valence-corrected chi connectivity index (χ4v) is 2.94. The number of aliphatic carboxylic acids is 1. The van der Waals surface area contributed by atoms with Crippen LogP contribution in [0.5, 0.6) is 0 Å². The van der Waals surface area contributed by atoms with Crippen molar-refractivity contribution in [1.29, 1.82) is 0 Å². The van der Waals surface area contributed by atoms with E-state index in [-0.39, 0.29) is 23.5 Å². The van der Waals surface area contributed by atoms with Crippen molar-refractivity contribution in [3.63, 3.8) is 0 Å². The molecule has 0 saturated carbocycles. The van der Waals surface area contributed by atoms with E-state index in [1.54, 1.807) is 13.8 Å². The number of carbonyl (C=O) groups excluding carboxylic acids is 3. The molecule has 174 valence electrons. The molecule has 0 fully saturated rings. The lowest BCUT2D eigenvalue weighted by Crippen LogP contribution is -2.59. The molecule has 0 aliphatic carbocycles. The smallest absolute Gasteiger partial charge is 0.326 e. The first kappa shape index (κ1) is 28.2. The second-order valence-electron chi connectivity index (χ2n) is 8.42. The van der Waals surface area contributed by atoms with E-state index in [4.69, 9.17) is 5.73 Å². The lowest BCUT2D eigenvalue weighted by molar-refractivity contribution is -0.143. The van der Waals surface area contributed by atoms with Crippen molar-refractivity contribution >= 4 is 36.3 Å². The van der Waals surface area contributed by atoms with Crippen molar-refractivity contribution in [1.82, 2.24) is 16.0 Å². The highest BCUT2D eigenvalue weighted by molar-refractivity contribution is 7.80. The van der Waals surface area contributed by atoms with Gasteiger partial charge in [0.2, 0.25) is 17.7 Å². The Bertz CT molecular complexity index is 600. The number of rotatable bonds is 13. The maximum absolute atomic E-state index is 13.0. The molecule has 0 aliphatic heterocycles. The Kier molecular flexibility index (Phi) is 12.7. The molecule has 0 aliphatic rings. The van der Waals surface area contributed by atoms with E-state index in [0.29, 0.717) is 12.8 Å². The average molecular weight is 447 g/mol. The van der Waals surface area contributed by atoms with Crippen LogP contribution in [0.2, 0.25) is 0 Å². The van der Waals surface area contributed by atoms with Crippen molar-refractivity contribution in [2.24, 2.45) is 23.5 Å². The van der Waals surface area contributed by atoms with Gasteiger partial charge in [0.1, 0.15) is 18.1 Å². The van der Waals surface area contributed by atoms with Gasteiger partial charge in [-0.25, -0.2) is 4.79 Å². The quantitative estimate of drug-likeness (QED) is 0.227. The van der Waals surface area contributed by atoms with Gasteiger partial charge in [-0.2, -0.15) is 12.6 Å². The SMILES string of the molecule is CCC(C)C(NC(=O)C(N)CS)C(=O)NC(CC(C)C)C(=O)NC(C(=O)O)C(C)C. The zero-order valence-electron chi connectivity index (χ0n) is 18.8. The van der Waals surface area contributed by atoms with Crippen molar-refractivity contribution in [2.75, 3.05) is 5.75 Å². The second kappa shape index (κ2) is 13.5. The molecular formula is C20H38N4O5S. The Morgan fingerprint density at radius 1 is 0.900 bits per heavy atom. The normalized spacial score (nSPS) is 16.3. The molecule has 0 spiro atoms. The molecule has 0 bridgehead atoms. The van der Waals surface area contributed by atoms with Crippen LogP contribution in [-0.2, 0) is 19.2 Å². The number of amides is 3. The van der Waals surface area contributed by atoms with Crippen LogP contribution in [0, 0.1) is 17.8 Å².